The van der Waals surface area contributed by atoms with Gasteiger partial charge in [-0.05, 0) is 49.4 Å². The van der Waals surface area contributed by atoms with Crippen molar-refractivity contribution in [1.29, 1.82) is 0 Å². The van der Waals surface area contributed by atoms with E-state index in [2.05, 4.69) is 15.3 Å². The van der Waals surface area contributed by atoms with Gasteiger partial charge in [0.05, 0.1) is 35.8 Å². The molecule has 0 spiro atoms. The Morgan fingerprint density at radius 2 is 1.90 bits per heavy atom. The minimum absolute atomic E-state index is 0. The Labute approximate surface area is 237 Å². The molecule has 11 heteroatoms. The Hall–Kier alpha value is -4.31. The van der Waals surface area contributed by atoms with E-state index in [4.69, 9.17) is 21.1 Å². The summed E-state index contributed by atoms with van der Waals surface area (Å²) in [5, 5.41) is 3.05. The van der Waals surface area contributed by atoms with E-state index in [0.717, 1.165) is 6.54 Å². The highest BCUT2D eigenvalue weighted by molar-refractivity contribution is 6.30. The van der Waals surface area contributed by atoms with Crippen LogP contribution in [-0.4, -0.2) is 66.7 Å². The molecule has 0 radical (unpaired) electrons. The zero-order chi connectivity index (χ0) is 27.9. The predicted molar refractivity (Wildman–Crippen MR) is 151 cm³/mol. The zero-order valence-corrected chi connectivity index (χ0v) is 22.1. The number of esters is 1. The molecule has 1 amide bonds. The van der Waals surface area contributed by atoms with Gasteiger partial charge in [0.15, 0.2) is 12.4 Å². The van der Waals surface area contributed by atoms with Crippen molar-refractivity contribution in [2.24, 2.45) is 4.99 Å². The maximum absolute atomic E-state index is 15.0. The van der Waals surface area contributed by atoms with Gasteiger partial charge >= 0.3 is 5.97 Å². The number of benzene rings is 2. The van der Waals surface area contributed by atoms with E-state index in [0.29, 0.717) is 28.7 Å². The summed E-state index contributed by atoms with van der Waals surface area (Å²) in [4.78, 5) is 48.4. The molecule has 40 heavy (non-hydrogen) atoms. The number of nitrogens with one attached hydrogen (secondary N) is 1. The molecular formula is C29H30ClFN4O5. The Bertz CT molecular complexity index is 1430. The summed E-state index contributed by atoms with van der Waals surface area (Å²) in [5.74, 6) is -1.55. The van der Waals surface area contributed by atoms with Crippen LogP contribution in [0.4, 0.5) is 10.1 Å². The lowest BCUT2D eigenvalue weighted by Crippen LogP contribution is -2.24. The maximum Gasteiger partial charge on any atom is 0.344 e. The fourth-order valence-electron chi connectivity index (χ4n) is 3.94. The summed E-state index contributed by atoms with van der Waals surface area (Å²) in [6, 6.07) is 11.8. The Morgan fingerprint density at radius 1 is 1.10 bits per heavy atom. The maximum atomic E-state index is 15.0. The van der Waals surface area contributed by atoms with Crippen molar-refractivity contribution in [3.63, 3.8) is 0 Å². The molecule has 0 fully saturated rings. The van der Waals surface area contributed by atoms with Crippen LogP contribution in [0.1, 0.15) is 46.3 Å². The normalized spacial score (nSPS) is 12.3. The lowest BCUT2D eigenvalue weighted by molar-refractivity contribution is -0.145. The first-order valence-corrected chi connectivity index (χ1v) is 12.6. The summed E-state index contributed by atoms with van der Waals surface area (Å²) in [7, 11) is 1.86. The number of aromatic nitrogens is 1. The smallest absolute Gasteiger partial charge is 0.344 e. The van der Waals surface area contributed by atoms with Crippen LogP contribution in [-0.2, 0) is 16.0 Å². The van der Waals surface area contributed by atoms with E-state index in [1.54, 1.807) is 25.1 Å². The summed E-state index contributed by atoms with van der Waals surface area (Å²) < 4.78 is 25.3. The van der Waals surface area contributed by atoms with Crippen LogP contribution >= 0.6 is 11.6 Å². The number of carbonyl (C=O) groups excluding carboxylic acids is 3. The van der Waals surface area contributed by atoms with Crippen molar-refractivity contribution >= 4 is 40.8 Å². The molecule has 0 unspecified atom stereocenters. The van der Waals surface area contributed by atoms with Crippen LogP contribution in [0.15, 0.2) is 59.7 Å². The number of hydrogen-bond donors (Lipinski definition) is 1. The standard InChI is InChI=1S/C28H26ClFN4O5.CH4/c1-3-38-26(36)16-39-20-7-9-24(22(14-20)25(35)13-19-6-5-18(29)15-32-19)33-28(37)21-8-4-17(12-23(21)30)27-31-10-11-34(27)2;/h4-9,12,14-15H,3,10-11,13,16H2,1-2H3,(H,33,37);1H4. The highest BCUT2D eigenvalue weighted by Crippen LogP contribution is 2.26. The van der Waals surface area contributed by atoms with E-state index < -0.39 is 17.7 Å². The van der Waals surface area contributed by atoms with Crippen molar-refractivity contribution < 1.29 is 28.2 Å². The molecule has 4 rings (SSSR count). The van der Waals surface area contributed by atoms with Gasteiger partial charge in [0.2, 0.25) is 0 Å². The third-order valence-electron chi connectivity index (χ3n) is 5.86. The first kappa shape index (κ1) is 30.2. The molecule has 0 atom stereocenters. The summed E-state index contributed by atoms with van der Waals surface area (Å²) in [6.45, 7) is 2.88. The predicted octanol–water partition coefficient (Wildman–Crippen LogP) is 4.82. The summed E-state index contributed by atoms with van der Waals surface area (Å²) >= 11 is 5.89. The van der Waals surface area contributed by atoms with Crippen LogP contribution in [0.2, 0.25) is 5.02 Å². The lowest BCUT2D eigenvalue weighted by Gasteiger charge is -2.15. The number of pyridine rings is 1. The number of nitrogens with zero attached hydrogens (tertiary/aromatic N) is 3. The third kappa shape index (κ3) is 7.41. The van der Waals surface area contributed by atoms with Crippen LogP contribution in [0.3, 0.4) is 0 Å². The second kappa shape index (κ2) is 13.7. The highest BCUT2D eigenvalue weighted by Gasteiger charge is 2.21. The molecule has 210 valence electrons. The fraction of sp³-hybridized carbons (Fsp3) is 0.276. The number of likely N-dealkylation sites (N-methyl/N-ethyl adjacent to an activating group) is 1. The van der Waals surface area contributed by atoms with Gasteiger partial charge in [0.25, 0.3) is 5.91 Å². The van der Waals surface area contributed by atoms with Crippen LogP contribution in [0, 0.1) is 5.82 Å². The fourth-order valence-corrected chi connectivity index (χ4v) is 4.05. The second-order valence-corrected chi connectivity index (χ2v) is 9.08. The van der Waals surface area contributed by atoms with Gasteiger partial charge in [-0.3, -0.25) is 19.6 Å². The number of anilines is 1. The quantitative estimate of drug-likeness (QED) is 0.276. The molecule has 0 bridgehead atoms. The number of Topliss-reactive ketones (excluding diaryl/α,β-unsaturated/α-hetero) is 1. The molecule has 1 aromatic heterocycles. The van der Waals surface area contributed by atoms with Gasteiger partial charge in [-0.25, -0.2) is 9.18 Å². The molecular weight excluding hydrogens is 539 g/mol. The van der Waals surface area contributed by atoms with Crippen molar-refractivity contribution in [3.05, 3.63) is 88.0 Å². The molecule has 0 aliphatic carbocycles. The molecule has 3 aromatic rings. The van der Waals surface area contributed by atoms with Gasteiger partial charge in [0, 0.05) is 36.6 Å². The second-order valence-electron chi connectivity index (χ2n) is 8.64. The Morgan fingerprint density at radius 3 is 2.55 bits per heavy atom. The number of carbonyl (C=O) groups is 3. The van der Waals surface area contributed by atoms with Gasteiger partial charge in [-0.2, -0.15) is 0 Å². The number of rotatable bonds is 10. The molecule has 2 aromatic carbocycles. The Balaban J connectivity index is 0.00000441. The lowest BCUT2D eigenvalue weighted by atomic mass is 10.0. The number of amidine groups is 1. The van der Waals surface area contributed by atoms with E-state index in [1.807, 2.05) is 11.9 Å². The number of aliphatic imine (C=N–C) groups is 1. The van der Waals surface area contributed by atoms with Crippen LogP contribution < -0.4 is 10.1 Å². The Kier molecular flexibility index (Phi) is 10.3. The number of ketones is 1. The SMILES string of the molecule is C.CCOC(=O)COc1ccc(NC(=O)c2ccc(C3=NCCN3C)cc2F)c(C(=O)Cc2ccc(Cl)cn2)c1. The summed E-state index contributed by atoms with van der Waals surface area (Å²) in [6.07, 6.45) is 1.33. The van der Waals surface area contributed by atoms with Gasteiger partial charge in [-0.1, -0.05) is 25.1 Å². The van der Waals surface area contributed by atoms with Crippen molar-refractivity contribution in [2.45, 2.75) is 20.8 Å². The van der Waals surface area contributed by atoms with Crippen molar-refractivity contribution in [1.82, 2.24) is 9.88 Å². The number of amides is 1. The van der Waals surface area contributed by atoms with Gasteiger partial charge < -0.3 is 19.7 Å². The average molecular weight is 569 g/mol. The van der Waals surface area contributed by atoms with Crippen LogP contribution in [0.5, 0.6) is 5.75 Å². The minimum Gasteiger partial charge on any atom is -0.482 e. The van der Waals surface area contributed by atoms with Crippen molar-refractivity contribution in [3.8, 4) is 5.75 Å². The number of halogens is 2. The molecule has 1 aliphatic rings. The molecule has 1 aliphatic heterocycles. The van der Waals surface area contributed by atoms with E-state index in [1.165, 1.54) is 36.5 Å². The van der Waals surface area contributed by atoms with E-state index >= 15 is 0 Å². The number of hydrogen-bond acceptors (Lipinski definition) is 8. The monoisotopic (exact) mass is 568 g/mol. The first-order valence-electron chi connectivity index (χ1n) is 12.2. The average Bonchev–Trinajstić information content (AvgIpc) is 3.35. The van der Waals surface area contributed by atoms with Crippen LogP contribution in [0.25, 0.3) is 0 Å². The van der Waals surface area contributed by atoms with Crippen molar-refractivity contribution in [2.75, 3.05) is 38.7 Å². The van der Waals surface area contributed by atoms with Gasteiger partial charge in [-0.15, -0.1) is 0 Å². The summed E-state index contributed by atoms with van der Waals surface area (Å²) in [5.41, 5.74) is 1.08. The van der Waals surface area contributed by atoms with Gasteiger partial charge in [0.1, 0.15) is 17.4 Å². The molecule has 9 nitrogen and oxygen atoms in total. The minimum atomic E-state index is -0.736. The molecule has 1 N–H and O–H groups in total. The highest BCUT2D eigenvalue weighted by atomic mass is 35.5. The molecule has 0 saturated heterocycles. The van der Waals surface area contributed by atoms with E-state index in [-0.39, 0.29) is 55.4 Å². The first-order chi connectivity index (χ1) is 18.7. The largest absolute Gasteiger partial charge is 0.482 e. The number of ether oxygens (including phenoxy) is 2. The molecule has 0 saturated carbocycles. The zero-order valence-electron chi connectivity index (χ0n) is 21.4. The molecule has 2 heterocycles. The van der Waals surface area contributed by atoms with E-state index in [9.17, 15) is 18.8 Å². The topological polar surface area (TPSA) is 110 Å². The third-order valence-corrected chi connectivity index (χ3v) is 6.09.